The van der Waals surface area contributed by atoms with Gasteiger partial charge in [0.2, 0.25) is 11.5 Å². The van der Waals surface area contributed by atoms with Gasteiger partial charge in [-0.3, -0.25) is 9.59 Å². The number of aliphatic hydroxyl groups excluding tert-OH is 1. The van der Waals surface area contributed by atoms with Crippen LogP contribution in [0.5, 0.6) is 0 Å². The topological polar surface area (TPSA) is 69.8 Å². The van der Waals surface area contributed by atoms with Crippen LogP contribution in [0.4, 0.5) is 11.4 Å². The summed E-state index contributed by atoms with van der Waals surface area (Å²) in [5, 5.41) is 11.3. The number of aryl methyl sites for hydroxylation is 1. The Kier molecular flexibility index (Phi) is 7.54. The van der Waals surface area contributed by atoms with E-state index in [0.717, 1.165) is 55.1 Å². The van der Waals surface area contributed by atoms with Gasteiger partial charge < -0.3 is 14.7 Å². The maximum atomic E-state index is 13.6. The lowest BCUT2D eigenvalue weighted by molar-refractivity contribution is -0.438. The van der Waals surface area contributed by atoms with Gasteiger partial charge in [-0.25, -0.2) is 0 Å². The number of rotatable bonds is 10. The van der Waals surface area contributed by atoms with Crippen molar-refractivity contribution >= 4 is 29.3 Å². The average molecular weight is 554 g/mol. The molecular formula is C35H41N2O4+. The van der Waals surface area contributed by atoms with E-state index in [2.05, 4.69) is 81.3 Å². The zero-order valence-corrected chi connectivity index (χ0v) is 25.1. The Morgan fingerprint density at radius 2 is 1.73 bits per heavy atom. The van der Waals surface area contributed by atoms with Gasteiger partial charge in [-0.15, -0.1) is 0 Å². The maximum Gasteiger partial charge on any atom is 0.293 e. The fraction of sp³-hybridized carbons (Fsp3) is 0.400. The average Bonchev–Trinajstić information content (AvgIpc) is 3.29. The van der Waals surface area contributed by atoms with Crippen molar-refractivity contribution < 1.29 is 24.0 Å². The van der Waals surface area contributed by atoms with Crippen molar-refractivity contribution in [2.45, 2.75) is 71.6 Å². The molecule has 0 amide bonds. The van der Waals surface area contributed by atoms with Gasteiger partial charge in [-0.2, -0.15) is 4.58 Å². The number of hydrogen-bond acceptors (Lipinski definition) is 5. The Morgan fingerprint density at radius 3 is 2.44 bits per heavy atom. The molecule has 2 aromatic carbocycles. The van der Waals surface area contributed by atoms with Crippen LogP contribution in [0, 0.1) is 6.92 Å². The summed E-state index contributed by atoms with van der Waals surface area (Å²) in [7, 11) is 0. The quantitative estimate of drug-likeness (QED) is 0.153. The van der Waals surface area contributed by atoms with Crippen molar-refractivity contribution in [2.75, 3.05) is 24.6 Å². The summed E-state index contributed by atoms with van der Waals surface area (Å²) in [5.41, 5.74) is 8.08. The number of nitrogens with zero attached hydrogens (tertiary/aromatic N) is 2. The van der Waals surface area contributed by atoms with E-state index >= 15 is 0 Å². The molecule has 0 aromatic heterocycles. The number of Topliss-reactive ketones (excluding diaryl/α,β-unsaturated/α-hetero) is 1. The number of benzene rings is 2. The summed E-state index contributed by atoms with van der Waals surface area (Å²) in [4.78, 5) is 26.3. The lowest BCUT2D eigenvalue weighted by atomic mass is 9.77. The van der Waals surface area contributed by atoms with Crippen molar-refractivity contribution in [1.82, 2.24) is 0 Å². The van der Waals surface area contributed by atoms with Gasteiger partial charge in [-0.1, -0.05) is 49.7 Å². The third kappa shape index (κ3) is 4.73. The third-order valence-electron chi connectivity index (χ3n) is 8.94. The van der Waals surface area contributed by atoms with Crippen LogP contribution in [-0.2, 0) is 25.2 Å². The molecule has 1 N–H and O–H groups in total. The fourth-order valence-corrected chi connectivity index (χ4v) is 6.60. The molecule has 0 saturated heterocycles. The predicted octanol–water partition coefficient (Wildman–Crippen LogP) is 6.74. The Balaban J connectivity index is 1.50. The zero-order chi connectivity index (χ0) is 29.5. The lowest BCUT2D eigenvalue weighted by Gasteiger charge is -2.28. The molecule has 214 valence electrons. The van der Waals surface area contributed by atoms with Crippen molar-refractivity contribution in [2.24, 2.45) is 0 Å². The maximum absolute atomic E-state index is 13.6. The van der Waals surface area contributed by atoms with Crippen LogP contribution in [0.3, 0.4) is 0 Å². The second kappa shape index (κ2) is 10.8. The van der Waals surface area contributed by atoms with Crippen molar-refractivity contribution in [3.63, 3.8) is 0 Å². The summed E-state index contributed by atoms with van der Waals surface area (Å²) in [6.07, 6.45) is 6.43. The molecule has 41 heavy (non-hydrogen) atoms. The SMILES string of the molecule is CCN1C(=CC2=C(O)C(=CC3=[N+](CCCCCOC=O)c4ccccc4C3(C)C)C2=O)C(C)(C)c2cc(C)ccc21. The summed E-state index contributed by atoms with van der Waals surface area (Å²) in [5.74, 6) is -0.0640. The Morgan fingerprint density at radius 1 is 0.976 bits per heavy atom. The van der Waals surface area contributed by atoms with Crippen molar-refractivity contribution in [1.29, 1.82) is 0 Å². The molecule has 6 nitrogen and oxygen atoms in total. The van der Waals surface area contributed by atoms with Gasteiger partial charge in [-0.05, 0) is 58.2 Å². The van der Waals surface area contributed by atoms with Gasteiger partial charge in [0, 0.05) is 47.5 Å². The van der Waals surface area contributed by atoms with E-state index in [9.17, 15) is 14.7 Å². The van der Waals surface area contributed by atoms with Crippen LogP contribution in [0.2, 0.25) is 0 Å². The number of carbonyl (C=O) groups excluding carboxylic acids is 2. The second-order valence-electron chi connectivity index (χ2n) is 12.3. The van der Waals surface area contributed by atoms with Gasteiger partial charge >= 0.3 is 0 Å². The molecule has 5 rings (SSSR count). The van der Waals surface area contributed by atoms with E-state index in [1.54, 1.807) is 0 Å². The van der Waals surface area contributed by atoms with Crippen LogP contribution in [-0.4, -0.2) is 47.3 Å². The van der Waals surface area contributed by atoms with E-state index in [0.29, 0.717) is 24.2 Å². The normalized spacial score (nSPS) is 20.5. The minimum Gasteiger partial charge on any atom is -0.506 e. The highest BCUT2D eigenvalue weighted by Crippen LogP contribution is 2.49. The minimum absolute atomic E-state index is 0.0618. The summed E-state index contributed by atoms with van der Waals surface area (Å²) in [6.45, 7) is 15.4. The number of aliphatic hydroxyl groups is 1. The number of hydrogen-bond donors (Lipinski definition) is 1. The first kappa shape index (κ1) is 28.6. The zero-order valence-electron chi connectivity index (χ0n) is 25.1. The van der Waals surface area contributed by atoms with Crippen molar-refractivity contribution in [3.8, 4) is 0 Å². The number of carbonyl (C=O) groups is 2. The molecule has 0 atom stereocenters. The molecule has 0 radical (unpaired) electrons. The molecule has 0 fully saturated rings. The predicted molar refractivity (Wildman–Crippen MR) is 163 cm³/mol. The Hall–Kier alpha value is -3.93. The van der Waals surface area contributed by atoms with Crippen molar-refractivity contribution in [3.05, 3.63) is 93.9 Å². The van der Waals surface area contributed by atoms with E-state index < -0.39 is 0 Å². The molecule has 3 aliphatic rings. The molecule has 0 spiro atoms. The molecule has 1 aliphatic carbocycles. The highest BCUT2D eigenvalue weighted by molar-refractivity contribution is 6.24. The van der Waals surface area contributed by atoms with E-state index in [1.165, 1.54) is 16.7 Å². The number of fused-ring (bicyclic) bond motifs is 2. The number of allylic oxidation sites excluding steroid dienone is 5. The number of ketones is 1. The van der Waals surface area contributed by atoms with Crippen LogP contribution >= 0.6 is 0 Å². The fourth-order valence-electron chi connectivity index (χ4n) is 6.60. The summed E-state index contributed by atoms with van der Waals surface area (Å²) < 4.78 is 7.11. The standard InChI is InChI=1S/C35H40N2O4/c1-7-36-29-16-15-23(2)19-27(29)35(5,6)30(36)20-24-32(39)25(33(24)40)21-31-34(3,4)26-13-9-10-14-28(26)37(31)17-11-8-12-18-41-22-38/h9-10,13-16,19-22H,7-8,11-12,17-18H2,1-6H3/p+1. The molecule has 0 bridgehead atoms. The van der Waals surface area contributed by atoms with Crippen LogP contribution in [0.15, 0.2) is 77.2 Å². The minimum atomic E-state index is -0.328. The molecule has 2 heterocycles. The monoisotopic (exact) mass is 553 g/mol. The number of anilines is 1. The van der Waals surface area contributed by atoms with Crippen LogP contribution in [0.1, 0.15) is 70.6 Å². The third-order valence-corrected chi connectivity index (χ3v) is 8.94. The molecule has 6 heteroatoms. The number of likely N-dealkylation sites (N-methyl/N-ethyl adjacent to an activating group) is 1. The second-order valence-corrected chi connectivity index (χ2v) is 12.3. The highest BCUT2D eigenvalue weighted by atomic mass is 16.5. The first-order chi connectivity index (χ1) is 19.5. The van der Waals surface area contributed by atoms with Gasteiger partial charge in [0.25, 0.3) is 6.47 Å². The van der Waals surface area contributed by atoms with Gasteiger partial charge in [0.05, 0.1) is 23.2 Å². The lowest BCUT2D eigenvalue weighted by Crippen LogP contribution is -2.32. The number of ether oxygens (including phenoxy) is 1. The number of unbranched alkanes of at least 4 members (excludes halogenated alkanes) is 2. The highest BCUT2D eigenvalue weighted by Gasteiger charge is 2.47. The molecule has 2 aromatic rings. The Bertz CT molecular complexity index is 1540. The largest absolute Gasteiger partial charge is 0.506 e. The van der Waals surface area contributed by atoms with Crippen LogP contribution in [0.25, 0.3) is 0 Å². The number of para-hydroxylation sites is 1. The Labute approximate surface area is 243 Å². The molecule has 0 unspecified atom stereocenters. The van der Waals surface area contributed by atoms with Gasteiger partial charge in [0.15, 0.2) is 5.71 Å². The summed E-state index contributed by atoms with van der Waals surface area (Å²) in [6, 6.07) is 14.8. The first-order valence-electron chi connectivity index (χ1n) is 14.6. The van der Waals surface area contributed by atoms with Gasteiger partial charge in [0.1, 0.15) is 12.3 Å². The van der Waals surface area contributed by atoms with E-state index in [4.69, 9.17) is 4.74 Å². The summed E-state index contributed by atoms with van der Waals surface area (Å²) >= 11 is 0. The van der Waals surface area contributed by atoms with E-state index in [-0.39, 0.29) is 22.4 Å². The molecule has 0 saturated carbocycles. The van der Waals surface area contributed by atoms with E-state index in [1.807, 2.05) is 24.3 Å². The molecule has 2 aliphatic heterocycles. The van der Waals surface area contributed by atoms with Crippen LogP contribution < -0.4 is 4.90 Å². The molecular weight excluding hydrogens is 512 g/mol. The first-order valence-corrected chi connectivity index (χ1v) is 14.6. The smallest absolute Gasteiger partial charge is 0.293 e.